The van der Waals surface area contributed by atoms with E-state index in [2.05, 4.69) is 48.7 Å². The second-order valence-electron chi connectivity index (χ2n) is 16.1. The summed E-state index contributed by atoms with van der Waals surface area (Å²) in [5.41, 5.74) is 1.43. The molecule has 0 bridgehead atoms. The van der Waals surface area contributed by atoms with Gasteiger partial charge >= 0.3 is 5.69 Å². The average molecular weight is 922 g/mol. The van der Waals surface area contributed by atoms with Crippen LogP contribution in [0, 0.1) is 18.3 Å². The Bertz CT molecular complexity index is 2340. The quantitative estimate of drug-likeness (QED) is 0.0378. The molecule has 16 heteroatoms. The van der Waals surface area contributed by atoms with Gasteiger partial charge in [0.25, 0.3) is 14.4 Å². The Morgan fingerprint density at radius 1 is 0.833 bits per heavy atom. The van der Waals surface area contributed by atoms with Gasteiger partial charge in [-0.1, -0.05) is 72.8 Å². The Balaban J connectivity index is 1.49. The van der Waals surface area contributed by atoms with Crippen molar-refractivity contribution in [3.05, 3.63) is 154 Å². The van der Waals surface area contributed by atoms with Crippen LogP contribution < -0.4 is 20.5 Å². The predicted octanol–water partition coefficient (Wildman–Crippen LogP) is 8.42. The van der Waals surface area contributed by atoms with Gasteiger partial charge in [-0.15, -0.1) is 0 Å². The number of hydrogen-bond donors (Lipinski definition) is 1. The first kappa shape index (κ1) is 49.9. The number of nitrogens with one attached hydrogen (secondary N) is 1. The first-order valence-electron chi connectivity index (χ1n) is 21.9. The molecule has 350 valence electrons. The molecule has 1 aliphatic heterocycles. The normalized spacial score (nSPS) is 17.8. The first-order chi connectivity index (χ1) is 31.9. The van der Waals surface area contributed by atoms with Gasteiger partial charge in [-0.05, 0) is 87.7 Å². The maximum Gasteiger partial charge on any atom is 0.351 e. The zero-order valence-electron chi connectivity index (χ0n) is 38.8. The fourth-order valence-corrected chi connectivity index (χ4v) is 9.73. The molecule has 5 aromatic rings. The van der Waals surface area contributed by atoms with E-state index in [1.165, 1.54) is 4.57 Å². The third kappa shape index (κ3) is 11.7. The van der Waals surface area contributed by atoms with Gasteiger partial charge in [0.2, 0.25) is 0 Å². The minimum absolute atomic E-state index is 0.0251. The van der Waals surface area contributed by atoms with Crippen molar-refractivity contribution in [2.75, 3.05) is 53.1 Å². The van der Waals surface area contributed by atoms with Crippen molar-refractivity contribution >= 4 is 20.3 Å². The number of amides is 1. The smallest absolute Gasteiger partial charge is 0.351 e. The molecule has 1 amide bonds. The molecule has 2 heterocycles. The van der Waals surface area contributed by atoms with Crippen LogP contribution in [0.5, 0.6) is 11.5 Å². The van der Waals surface area contributed by atoms with Gasteiger partial charge in [0.15, 0.2) is 6.23 Å². The number of ether oxygens (including phenoxy) is 6. The molecule has 15 nitrogen and oxygen atoms in total. The summed E-state index contributed by atoms with van der Waals surface area (Å²) in [6, 6.07) is 36.1. The summed E-state index contributed by atoms with van der Waals surface area (Å²) in [6.45, 7) is 10.3. The van der Waals surface area contributed by atoms with Crippen LogP contribution in [0.1, 0.15) is 73.0 Å². The minimum Gasteiger partial charge on any atom is -0.497 e. The van der Waals surface area contributed by atoms with E-state index >= 15 is 0 Å². The Labute approximate surface area is 388 Å². The zero-order valence-corrected chi connectivity index (χ0v) is 39.7. The van der Waals surface area contributed by atoms with Gasteiger partial charge in [-0.25, -0.2) is 9.46 Å². The monoisotopic (exact) mass is 921 g/mol. The van der Waals surface area contributed by atoms with E-state index in [-0.39, 0.29) is 50.7 Å². The molecule has 66 heavy (non-hydrogen) atoms. The lowest BCUT2D eigenvalue weighted by Gasteiger charge is -2.39. The number of methoxy groups -OCH3 is 3. The molecule has 0 spiro atoms. The number of carbonyl (C=O) groups excluding carboxylic acids is 1. The number of benzene rings is 4. The second kappa shape index (κ2) is 23.8. The van der Waals surface area contributed by atoms with Gasteiger partial charge in [-0.3, -0.25) is 9.36 Å². The van der Waals surface area contributed by atoms with E-state index in [4.69, 9.17) is 37.5 Å². The SMILES string of the molecule is COCCOC1C(OP(OCCC#N)N(C(C)C)C(C)C)C(COC(c2ccccc2)(c2ccc(OC)cc2)c2ccc(OC)cc2)OC1n1cc(C)c(NC(=O)c2ccccc2)nc1=O. The molecular formula is C50H60N5O10P. The van der Waals surface area contributed by atoms with Crippen LogP contribution in [-0.2, 0) is 33.6 Å². The van der Waals surface area contributed by atoms with Crippen molar-refractivity contribution in [3.63, 3.8) is 0 Å². The fourth-order valence-electron chi connectivity index (χ4n) is 7.96. The second-order valence-corrected chi connectivity index (χ2v) is 17.5. The first-order valence-corrected chi connectivity index (χ1v) is 23.0. The molecule has 1 aromatic heterocycles. The predicted molar refractivity (Wildman–Crippen MR) is 252 cm³/mol. The maximum atomic E-state index is 14.2. The Hall–Kier alpha value is -5.53. The van der Waals surface area contributed by atoms with Crippen LogP contribution in [0.2, 0.25) is 0 Å². The van der Waals surface area contributed by atoms with E-state index in [1.54, 1.807) is 58.7 Å². The number of aromatic nitrogens is 2. The highest BCUT2D eigenvalue weighted by molar-refractivity contribution is 7.44. The van der Waals surface area contributed by atoms with Crippen molar-refractivity contribution < 1.29 is 42.3 Å². The Morgan fingerprint density at radius 3 is 1.95 bits per heavy atom. The summed E-state index contributed by atoms with van der Waals surface area (Å²) in [5, 5.41) is 12.3. The third-order valence-corrected chi connectivity index (χ3v) is 13.2. The highest BCUT2D eigenvalue weighted by Crippen LogP contribution is 2.51. The van der Waals surface area contributed by atoms with Crippen LogP contribution in [0.25, 0.3) is 0 Å². The lowest BCUT2D eigenvalue weighted by atomic mass is 9.80. The highest BCUT2D eigenvalue weighted by atomic mass is 31.2. The lowest BCUT2D eigenvalue weighted by Crippen LogP contribution is -2.43. The molecule has 1 saturated heterocycles. The number of aryl methyl sites for hydroxylation is 1. The summed E-state index contributed by atoms with van der Waals surface area (Å²) in [4.78, 5) is 31.8. The molecule has 1 fully saturated rings. The Morgan fingerprint density at radius 2 is 1.41 bits per heavy atom. The molecule has 0 radical (unpaired) electrons. The average Bonchev–Trinajstić information content (AvgIpc) is 3.66. The summed E-state index contributed by atoms with van der Waals surface area (Å²) >= 11 is 0. The van der Waals surface area contributed by atoms with E-state index in [9.17, 15) is 14.9 Å². The van der Waals surface area contributed by atoms with Gasteiger partial charge < -0.3 is 42.8 Å². The van der Waals surface area contributed by atoms with Gasteiger partial charge in [-0.2, -0.15) is 10.2 Å². The lowest BCUT2D eigenvalue weighted by molar-refractivity contribution is -0.0991. The van der Waals surface area contributed by atoms with E-state index in [0.29, 0.717) is 22.6 Å². The largest absolute Gasteiger partial charge is 0.497 e. The molecular weight excluding hydrogens is 862 g/mol. The van der Waals surface area contributed by atoms with Crippen LogP contribution in [0.4, 0.5) is 5.82 Å². The number of nitriles is 1. The molecule has 5 unspecified atom stereocenters. The maximum absolute atomic E-state index is 14.2. The number of hydrogen-bond acceptors (Lipinski definition) is 13. The minimum atomic E-state index is -1.86. The number of anilines is 1. The van der Waals surface area contributed by atoms with Crippen LogP contribution in [0.3, 0.4) is 0 Å². The standard InChI is InChI=1S/C50H60N5O10P/c1-34(2)55(35(3)4)66(63-29-15-28-51)65-44-43(33-62-50(38-18-13-10-14-19-38,39-20-24-41(59-7)25-21-39)40-22-26-42(60-8)27-23-40)64-48(45(44)61-31-30-58-6)54-32-36(5)46(53-49(54)57)52-47(56)37-16-11-9-12-17-37/h9-14,16-27,32,34-35,43-45,48H,15,29-31,33H2,1-8H3,(H,52,53,56,57). The van der Waals surface area contributed by atoms with E-state index < -0.39 is 50.3 Å². The van der Waals surface area contributed by atoms with Crippen LogP contribution in [-0.4, -0.2) is 98.3 Å². The number of rotatable bonds is 23. The van der Waals surface area contributed by atoms with Crippen molar-refractivity contribution in [2.24, 2.45) is 0 Å². The third-order valence-electron chi connectivity index (χ3n) is 11.1. The zero-order chi connectivity index (χ0) is 47.2. The summed E-state index contributed by atoms with van der Waals surface area (Å²) in [6.07, 6.45) is -2.14. The topological polar surface area (TPSA) is 165 Å². The van der Waals surface area contributed by atoms with Crippen molar-refractivity contribution in [1.29, 1.82) is 5.26 Å². The van der Waals surface area contributed by atoms with E-state index in [1.807, 2.05) is 84.9 Å². The number of nitrogens with zero attached hydrogens (tertiary/aromatic N) is 4. The Kier molecular flexibility index (Phi) is 18.0. The molecule has 4 aromatic carbocycles. The molecule has 1 N–H and O–H groups in total. The van der Waals surface area contributed by atoms with Gasteiger partial charge in [0, 0.05) is 36.5 Å². The van der Waals surface area contributed by atoms with Gasteiger partial charge in [0.1, 0.15) is 41.2 Å². The van der Waals surface area contributed by atoms with Crippen molar-refractivity contribution in [1.82, 2.24) is 14.2 Å². The highest BCUT2D eigenvalue weighted by Gasteiger charge is 2.51. The van der Waals surface area contributed by atoms with Crippen molar-refractivity contribution in [3.8, 4) is 17.6 Å². The molecule has 5 atom stereocenters. The van der Waals surface area contributed by atoms with Crippen LogP contribution >= 0.6 is 8.53 Å². The molecule has 1 aliphatic rings. The van der Waals surface area contributed by atoms with Crippen LogP contribution in [0.15, 0.2) is 120 Å². The number of carbonyl (C=O) groups is 1. The summed E-state index contributed by atoms with van der Waals surface area (Å²) < 4.78 is 54.7. The van der Waals surface area contributed by atoms with E-state index in [0.717, 1.165) is 16.7 Å². The summed E-state index contributed by atoms with van der Waals surface area (Å²) in [7, 11) is 2.95. The van der Waals surface area contributed by atoms with Crippen molar-refractivity contribution in [2.45, 2.75) is 83.3 Å². The fraction of sp³-hybridized carbons (Fsp3) is 0.400. The molecule has 0 aliphatic carbocycles. The molecule has 0 saturated carbocycles. The van der Waals surface area contributed by atoms with Gasteiger partial charge in [0.05, 0.1) is 53.1 Å². The summed E-state index contributed by atoms with van der Waals surface area (Å²) in [5.74, 6) is 1.04. The molecule has 6 rings (SSSR count).